The maximum absolute atomic E-state index is 12.4. The van der Waals surface area contributed by atoms with Gasteiger partial charge in [-0.05, 0) is 49.8 Å². The van der Waals surface area contributed by atoms with Crippen LogP contribution in [0.3, 0.4) is 0 Å². The second kappa shape index (κ2) is 8.29. The summed E-state index contributed by atoms with van der Waals surface area (Å²) < 4.78 is 9.87. The number of aryl methyl sites for hydroxylation is 2. The lowest BCUT2D eigenvalue weighted by Crippen LogP contribution is -2.34. The maximum Gasteiger partial charge on any atom is 0.355 e. The molecule has 0 bridgehead atoms. The van der Waals surface area contributed by atoms with E-state index >= 15 is 0 Å². The molecule has 148 valence electrons. The zero-order valence-corrected chi connectivity index (χ0v) is 16.3. The number of aromatic amines is 1. The number of hydrogen-bond donors (Lipinski definition) is 2. The zero-order valence-electron chi connectivity index (χ0n) is 16.3. The van der Waals surface area contributed by atoms with E-state index in [2.05, 4.69) is 16.4 Å². The van der Waals surface area contributed by atoms with Gasteiger partial charge in [0.2, 0.25) is 0 Å². The topological polar surface area (TPSA) is 97.5 Å². The molecule has 3 rings (SSSR count). The molecule has 1 aromatic heterocycles. The van der Waals surface area contributed by atoms with Gasteiger partial charge in [0.25, 0.3) is 5.91 Å². The van der Waals surface area contributed by atoms with Crippen LogP contribution in [0.2, 0.25) is 0 Å². The lowest BCUT2D eigenvalue weighted by atomic mass is 9.88. The van der Waals surface area contributed by atoms with Crippen molar-refractivity contribution in [3.63, 3.8) is 0 Å². The number of ether oxygens (including phenoxy) is 2. The summed E-state index contributed by atoms with van der Waals surface area (Å²) >= 11 is 0. The van der Waals surface area contributed by atoms with Crippen molar-refractivity contribution in [2.75, 3.05) is 13.7 Å². The fourth-order valence-electron chi connectivity index (χ4n) is 3.71. The summed E-state index contributed by atoms with van der Waals surface area (Å²) in [5, 5.41) is 2.94. The molecule has 0 spiro atoms. The Morgan fingerprint density at radius 2 is 1.93 bits per heavy atom. The number of benzene rings is 1. The summed E-state index contributed by atoms with van der Waals surface area (Å²) in [4.78, 5) is 39.3. The van der Waals surface area contributed by atoms with E-state index in [4.69, 9.17) is 9.47 Å². The van der Waals surface area contributed by atoms with Gasteiger partial charge in [0.1, 0.15) is 5.69 Å². The molecule has 0 saturated heterocycles. The van der Waals surface area contributed by atoms with Gasteiger partial charge in [-0.25, -0.2) is 9.59 Å². The van der Waals surface area contributed by atoms with Crippen molar-refractivity contribution in [3.8, 4) is 0 Å². The number of amides is 1. The van der Waals surface area contributed by atoms with Crippen LogP contribution in [0, 0.1) is 13.8 Å². The van der Waals surface area contributed by atoms with Gasteiger partial charge in [-0.1, -0.05) is 24.3 Å². The van der Waals surface area contributed by atoms with Crippen LogP contribution >= 0.6 is 0 Å². The average molecular weight is 384 g/mol. The summed E-state index contributed by atoms with van der Waals surface area (Å²) in [5.41, 5.74) is 3.76. The molecule has 0 radical (unpaired) electrons. The van der Waals surface area contributed by atoms with Gasteiger partial charge >= 0.3 is 11.9 Å². The predicted molar refractivity (Wildman–Crippen MR) is 102 cm³/mol. The lowest BCUT2D eigenvalue weighted by molar-refractivity contribution is -0.125. The summed E-state index contributed by atoms with van der Waals surface area (Å²) in [7, 11) is 1.28. The normalized spacial score (nSPS) is 15.5. The molecule has 1 aromatic carbocycles. The van der Waals surface area contributed by atoms with Crippen LogP contribution in [0.15, 0.2) is 24.3 Å². The smallest absolute Gasteiger partial charge is 0.355 e. The number of fused-ring (bicyclic) bond motifs is 1. The fraction of sp³-hybridized carbons (Fsp3) is 0.381. The van der Waals surface area contributed by atoms with E-state index in [-0.39, 0.29) is 24.2 Å². The highest BCUT2D eigenvalue weighted by molar-refractivity contribution is 5.99. The molecule has 2 aromatic rings. The summed E-state index contributed by atoms with van der Waals surface area (Å²) in [5.74, 6) is -1.57. The van der Waals surface area contributed by atoms with Crippen LogP contribution in [0.25, 0.3) is 0 Å². The van der Waals surface area contributed by atoms with Crippen molar-refractivity contribution in [2.45, 2.75) is 39.2 Å². The minimum atomic E-state index is -0.685. The van der Waals surface area contributed by atoms with Crippen LogP contribution in [0.1, 0.15) is 62.1 Å². The molecule has 7 heteroatoms. The van der Waals surface area contributed by atoms with Crippen molar-refractivity contribution in [2.24, 2.45) is 0 Å². The third kappa shape index (κ3) is 3.93. The monoisotopic (exact) mass is 384 g/mol. The largest absolute Gasteiger partial charge is 0.465 e. The van der Waals surface area contributed by atoms with Crippen molar-refractivity contribution in [1.82, 2.24) is 10.3 Å². The Kier molecular flexibility index (Phi) is 5.82. The molecular formula is C21H24N2O5. The second-order valence-electron chi connectivity index (χ2n) is 6.90. The summed E-state index contributed by atoms with van der Waals surface area (Å²) in [6.45, 7) is 2.91. The number of aromatic nitrogens is 1. The minimum absolute atomic E-state index is 0.0726. The van der Waals surface area contributed by atoms with Gasteiger partial charge in [-0.2, -0.15) is 0 Å². The Labute approximate surface area is 163 Å². The number of H-pyrrole nitrogens is 1. The Hall–Kier alpha value is -3.09. The minimum Gasteiger partial charge on any atom is -0.465 e. The first-order valence-electron chi connectivity index (χ1n) is 9.24. The van der Waals surface area contributed by atoms with Gasteiger partial charge in [0, 0.05) is 5.69 Å². The van der Waals surface area contributed by atoms with E-state index < -0.39 is 11.9 Å². The number of methoxy groups -OCH3 is 1. The molecule has 0 aliphatic heterocycles. The van der Waals surface area contributed by atoms with Crippen LogP contribution in [0.4, 0.5) is 0 Å². The second-order valence-corrected chi connectivity index (χ2v) is 6.90. The number of rotatable bonds is 5. The summed E-state index contributed by atoms with van der Waals surface area (Å²) in [6, 6.07) is 7.97. The molecule has 0 fully saturated rings. The zero-order chi connectivity index (χ0) is 20.3. The third-order valence-electron chi connectivity index (χ3n) is 5.07. The van der Waals surface area contributed by atoms with E-state index in [1.807, 2.05) is 18.2 Å². The molecule has 7 nitrogen and oxygen atoms in total. The number of carbonyl (C=O) groups excluding carboxylic acids is 3. The first-order valence-corrected chi connectivity index (χ1v) is 9.24. The quantitative estimate of drug-likeness (QED) is 0.773. The van der Waals surface area contributed by atoms with Crippen molar-refractivity contribution in [3.05, 3.63) is 57.9 Å². The van der Waals surface area contributed by atoms with Crippen molar-refractivity contribution >= 4 is 17.8 Å². The predicted octanol–water partition coefficient (Wildman–Crippen LogP) is 2.77. The standard InChI is InChI=1S/C21H24N2O5/c1-12-18(20(25)27-3)13(2)22-19(12)21(26)28-11-17(24)23-16-10-6-8-14-7-4-5-9-15(14)16/h4-5,7,9,16,22H,6,8,10-11H2,1-3H3,(H,23,24)/t16-/m0/s1. The first-order chi connectivity index (χ1) is 13.4. The van der Waals surface area contributed by atoms with Gasteiger partial charge in [-0.3, -0.25) is 4.79 Å². The van der Waals surface area contributed by atoms with Gasteiger partial charge in [0.15, 0.2) is 6.61 Å². The third-order valence-corrected chi connectivity index (χ3v) is 5.07. The molecule has 1 heterocycles. The van der Waals surface area contributed by atoms with Gasteiger partial charge in [0.05, 0.1) is 18.7 Å². The summed E-state index contributed by atoms with van der Waals surface area (Å²) in [6.07, 6.45) is 2.86. The Morgan fingerprint density at radius 1 is 1.18 bits per heavy atom. The lowest BCUT2D eigenvalue weighted by Gasteiger charge is -2.26. The molecule has 1 aliphatic carbocycles. The molecule has 1 atom stereocenters. The van der Waals surface area contributed by atoms with E-state index in [0.29, 0.717) is 16.8 Å². The van der Waals surface area contributed by atoms with Gasteiger partial charge in [-0.15, -0.1) is 0 Å². The van der Waals surface area contributed by atoms with E-state index in [1.54, 1.807) is 13.8 Å². The van der Waals surface area contributed by atoms with E-state index in [0.717, 1.165) is 24.8 Å². The fourth-order valence-corrected chi connectivity index (χ4v) is 3.71. The van der Waals surface area contributed by atoms with Crippen molar-refractivity contribution < 1.29 is 23.9 Å². The Morgan fingerprint density at radius 3 is 2.68 bits per heavy atom. The van der Waals surface area contributed by atoms with E-state index in [9.17, 15) is 14.4 Å². The highest BCUT2D eigenvalue weighted by Crippen LogP contribution is 2.29. The number of nitrogens with one attached hydrogen (secondary N) is 2. The SMILES string of the molecule is COC(=O)c1c(C)[nH]c(C(=O)OCC(=O)N[C@H]2CCCc3ccccc32)c1C. The average Bonchev–Trinajstić information content (AvgIpc) is 3.00. The van der Waals surface area contributed by atoms with Crippen LogP contribution in [0.5, 0.6) is 0 Å². The molecular weight excluding hydrogens is 360 g/mol. The maximum atomic E-state index is 12.4. The highest BCUT2D eigenvalue weighted by Gasteiger charge is 2.25. The highest BCUT2D eigenvalue weighted by atomic mass is 16.5. The molecule has 0 unspecified atom stereocenters. The molecule has 2 N–H and O–H groups in total. The molecule has 1 amide bonds. The Bertz CT molecular complexity index is 916. The molecule has 0 saturated carbocycles. The van der Waals surface area contributed by atoms with Gasteiger partial charge < -0.3 is 19.8 Å². The van der Waals surface area contributed by atoms with Crippen LogP contribution in [-0.4, -0.2) is 36.5 Å². The van der Waals surface area contributed by atoms with Crippen molar-refractivity contribution in [1.29, 1.82) is 0 Å². The van der Waals surface area contributed by atoms with Crippen LogP contribution in [-0.2, 0) is 20.7 Å². The number of carbonyl (C=O) groups is 3. The number of hydrogen-bond acceptors (Lipinski definition) is 5. The molecule has 28 heavy (non-hydrogen) atoms. The van der Waals surface area contributed by atoms with Crippen LogP contribution < -0.4 is 5.32 Å². The van der Waals surface area contributed by atoms with E-state index in [1.165, 1.54) is 12.7 Å². The Balaban J connectivity index is 1.61. The molecule has 1 aliphatic rings. The number of esters is 2. The first kappa shape index (κ1) is 19.7.